The molecule has 1 heterocycles. The Balaban J connectivity index is 1.31. The number of allylic oxidation sites excluding steroid dienone is 2. The van der Waals surface area contributed by atoms with Crippen molar-refractivity contribution in [2.45, 2.75) is 51.1 Å². The molecule has 28 heavy (non-hydrogen) atoms. The molecule has 3 heteroatoms. The molecule has 1 saturated heterocycles. The average molecular weight is 375 g/mol. The zero-order valence-corrected chi connectivity index (χ0v) is 16.6. The first-order chi connectivity index (χ1) is 13.8. The van der Waals surface area contributed by atoms with Crippen molar-refractivity contribution in [2.24, 2.45) is 0 Å². The second-order valence-electron chi connectivity index (χ2n) is 8.16. The van der Waals surface area contributed by atoms with E-state index >= 15 is 0 Å². The number of hydrogen-bond donors (Lipinski definition) is 1. The number of piperidine rings is 1. The molecule has 3 nitrogen and oxygen atoms in total. The van der Waals surface area contributed by atoms with E-state index in [1.54, 1.807) is 6.08 Å². The van der Waals surface area contributed by atoms with Crippen LogP contribution in [0.2, 0.25) is 0 Å². The lowest BCUT2D eigenvalue weighted by molar-refractivity contribution is -0.115. The van der Waals surface area contributed by atoms with Gasteiger partial charge in [-0.2, -0.15) is 0 Å². The van der Waals surface area contributed by atoms with Crippen LogP contribution in [0.3, 0.4) is 0 Å². The molecule has 146 valence electrons. The first-order valence-electron chi connectivity index (χ1n) is 10.6. The van der Waals surface area contributed by atoms with Gasteiger partial charge in [-0.05, 0) is 55.0 Å². The van der Waals surface area contributed by atoms with Crippen LogP contribution < -0.4 is 5.32 Å². The van der Waals surface area contributed by atoms with Crippen molar-refractivity contribution in [2.75, 3.05) is 13.1 Å². The van der Waals surface area contributed by atoms with Crippen molar-refractivity contribution in [3.63, 3.8) is 0 Å². The number of rotatable bonds is 6. The van der Waals surface area contributed by atoms with Gasteiger partial charge in [0.15, 0.2) is 5.78 Å². The van der Waals surface area contributed by atoms with Gasteiger partial charge in [0, 0.05) is 31.3 Å². The Bertz CT molecular complexity index is 804. The predicted octanol–water partition coefficient (Wildman–Crippen LogP) is 4.79. The molecular formula is C25H30N2O. The molecule has 1 atom stereocenters. The van der Waals surface area contributed by atoms with Gasteiger partial charge >= 0.3 is 0 Å². The van der Waals surface area contributed by atoms with E-state index in [0.717, 1.165) is 25.2 Å². The summed E-state index contributed by atoms with van der Waals surface area (Å²) in [7, 11) is 0. The van der Waals surface area contributed by atoms with Gasteiger partial charge in [-0.15, -0.1) is 0 Å². The molecule has 0 bridgehead atoms. The van der Waals surface area contributed by atoms with Crippen molar-refractivity contribution in [1.82, 2.24) is 10.2 Å². The number of nitrogens with one attached hydrogen (secondary N) is 1. The fourth-order valence-corrected chi connectivity index (χ4v) is 4.33. The Morgan fingerprint density at radius 2 is 1.57 bits per heavy atom. The molecular weight excluding hydrogens is 344 g/mol. The number of ketones is 1. The lowest BCUT2D eigenvalue weighted by Gasteiger charge is -2.26. The Morgan fingerprint density at radius 1 is 0.857 bits per heavy atom. The average Bonchev–Trinajstić information content (AvgIpc) is 2.74. The predicted molar refractivity (Wildman–Crippen MR) is 114 cm³/mol. The van der Waals surface area contributed by atoms with Crippen molar-refractivity contribution in [3.05, 3.63) is 83.1 Å². The highest BCUT2D eigenvalue weighted by Gasteiger charge is 2.22. The quantitative estimate of drug-likeness (QED) is 0.789. The maximum absolute atomic E-state index is 12.2. The third kappa shape index (κ3) is 5.11. The van der Waals surface area contributed by atoms with Crippen LogP contribution >= 0.6 is 0 Å². The molecule has 1 aliphatic carbocycles. The highest BCUT2D eigenvalue weighted by Crippen LogP contribution is 2.30. The van der Waals surface area contributed by atoms with Gasteiger partial charge in [-0.3, -0.25) is 9.69 Å². The molecule has 0 spiro atoms. The minimum Gasteiger partial charge on any atom is -0.384 e. The fraction of sp³-hybridized carbons (Fsp3) is 0.400. The van der Waals surface area contributed by atoms with Gasteiger partial charge in [-0.1, -0.05) is 61.0 Å². The molecule has 2 aromatic carbocycles. The molecule has 1 fully saturated rings. The van der Waals surface area contributed by atoms with Crippen LogP contribution in [0.4, 0.5) is 0 Å². The van der Waals surface area contributed by atoms with Crippen LogP contribution in [0.25, 0.3) is 0 Å². The van der Waals surface area contributed by atoms with E-state index in [1.807, 2.05) is 6.07 Å². The molecule has 4 rings (SSSR count). The molecule has 0 amide bonds. The van der Waals surface area contributed by atoms with E-state index in [2.05, 4.69) is 58.7 Å². The smallest absolute Gasteiger partial charge is 0.158 e. The maximum atomic E-state index is 12.2. The van der Waals surface area contributed by atoms with Crippen LogP contribution in [0.15, 0.2) is 66.4 Å². The topological polar surface area (TPSA) is 32.3 Å². The lowest BCUT2D eigenvalue weighted by atomic mass is 9.85. The maximum Gasteiger partial charge on any atom is 0.158 e. The van der Waals surface area contributed by atoms with Gasteiger partial charge in [0.1, 0.15) is 0 Å². The summed E-state index contributed by atoms with van der Waals surface area (Å²) in [6.07, 6.45) is 7.36. The first-order valence-corrected chi connectivity index (χ1v) is 10.6. The van der Waals surface area contributed by atoms with Gasteiger partial charge in [0.2, 0.25) is 0 Å². The summed E-state index contributed by atoms with van der Waals surface area (Å²) >= 11 is 0. The summed E-state index contributed by atoms with van der Waals surface area (Å²) in [5.74, 6) is 0.507. The summed E-state index contributed by atoms with van der Waals surface area (Å²) in [6, 6.07) is 19.3. The second-order valence-corrected chi connectivity index (χ2v) is 8.16. The Hall–Kier alpha value is -2.39. The van der Waals surface area contributed by atoms with Crippen LogP contribution in [0.1, 0.15) is 54.7 Å². The first kappa shape index (κ1) is 18.9. The SMILES string of the molecule is O=C1C=C(NCc2ccc(CN3CCCCC3)cc2)CC(c2ccccc2)C1. The number of nitrogens with zero attached hydrogens (tertiary/aromatic N) is 1. The minimum absolute atomic E-state index is 0.222. The van der Waals surface area contributed by atoms with E-state index in [-0.39, 0.29) is 11.7 Å². The van der Waals surface area contributed by atoms with Crippen molar-refractivity contribution < 1.29 is 4.79 Å². The molecule has 2 aliphatic rings. The van der Waals surface area contributed by atoms with Crippen LogP contribution in [-0.4, -0.2) is 23.8 Å². The Labute approximate surface area is 168 Å². The van der Waals surface area contributed by atoms with Crippen LogP contribution in [-0.2, 0) is 17.9 Å². The van der Waals surface area contributed by atoms with Gasteiger partial charge in [-0.25, -0.2) is 0 Å². The fourth-order valence-electron chi connectivity index (χ4n) is 4.33. The summed E-state index contributed by atoms with van der Waals surface area (Å²) in [5.41, 5.74) is 4.97. The van der Waals surface area contributed by atoms with E-state index < -0.39 is 0 Å². The number of carbonyl (C=O) groups excluding carboxylic acids is 1. The zero-order chi connectivity index (χ0) is 19.2. The van der Waals surface area contributed by atoms with Gasteiger partial charge < -0.3 is 5.32 Å². The standard InChI is InChI=1S/C25H30N2O/c28-25-16-23(22-7-3-1-4-8-22)15-24(17-25)26-18-20-9-11-21(12-10-20)19-27-13-5-2-6-14-27/h1,3-4,7-12,17,23,26H,2,5-6,13-16,18-19H2. The minimum atomic E-state index is 0.222. The van der Waals surface area contributed by atoms with Crippen molar-refractivity contribution in [3.8, 4) is 0 Å². The summed E-state index contributed by atoms with van der Waals surface area (Å²) in [5, 5.41) is 3.50. The third-order valence-corrected chi connectivity index (χ3v) is 5.92. The number of carbonyl (C=O) groups is 1. The number of benzene rings is 2. The van der Waals surface area contributed by atoms with Crippen LogP contribution in [0, 0.1) is 0 Å². The molecule has 1 unspecified atom stereocenters. The van der Waals surface area contributed by atoms with E-state index in [1.165, 1.54) is 49.0 Å². The largest absolute Gasteiger partial charge is 0.384 e. The lowest BCUT2D eigenvalue weighted by Crippen LogP contribution is -2.29. The summed E-state index contributed by atoms with van der Waals surface area (Å²) in [4.78, 5) is 14.7. The summed E-state index contributed by atoms with van der Waals surface area (Å²) in [6.45, 7) is 4.29. The normalized spacial score (nSPS) is 20.6. The Morgan fingerprint density at radius 3 is 2.32 bits per heavy atom. The monoisotopic (exact) mass is 374 g/mol. The molecule has 1 aliphatic heterocycles. The molecule has 2 aromatic rings. The molecule has 0 radical (unpaired) electrons. The number of hydrogen-bond acceptors (Lipinski definition) is 3. The van der Waals surface area contributed by atoms with Crippen LogP contribution in [0.5, 0.6) is 0 Å². The molecule has 0 aromatic heterocycles. The molecule has 1 N–H and O–H groups in total. The van der Waals surface area contributed by atoms with E-state index in [9.17, 15) is 4.79 Å². The van der Waals surface area contributed by atoms with Gasteiger partial charge in [0.05, 0.1) is 0 Å². The Kier molecular flexibility index (Phi) is 6.23. The van der Waals surface area contributed by atoms with E-state index in [0.29, 0.717) is 6.42 Å². The van der Waals surface area contributed by atoms with Gasteiger partial charge in [0.25, 0.3) is 0 Å². The molecule has 0 saturated carbocycles. The van der Waals surface area contributed by atoms with Crippen molar-refractivity contribution >= 4 is 5.78 Å². The van der Waals surface area contributed by atoms with E-state index in [4.69, 9.17) is 0 Å². The summed E-state index contributed by atoms with van der Waals surface area (Å²) < 4.78 is 0. The third-order valence-electron chi connectivity index (χ3n) is 5.92. The second kappa shape index (κ2) is 9.20. The zero-order valence-electron chi connectivity index (χ0n) is 16.6. The highest BCUT2D eigenvalue weighted by molar-refractivity contribution is 5.91. The highest BCUT2D eigenvalue weighted by atomic mass is 16.1. The van der Waals surface area contributed by atoms with Crippen molar-refractivity contribution in [1.29, 1.82) is 0 Å². The number of likely N-dealkylation sites (tertiary alicyclic amines) is 1.